The van der Waals surface area contributed by atoms with Gasteiger partial charge in [-0.05, 0) is 37.3 Å². The molecule has 1 aromatic heterocycles. The lowest BCUT2D eigenvalue weighted by molar-refractivity contribution is 0.0997. The first-order valence-corrected chi connectivity index (χ1v) is 8.34. The van der Waals surface area contributed by atoms with Gasteiger partial charge in [-0.1, -0.05) is 0 Å². The molecule has 124 valence electrons. The first kappa shape index (κ1) is 17.0. The molecule has 0 aliphatic carbocycles. The van der Waals surface area contributed by atoms with E-state index in [1.807, 2.05) is 0 Å². The Bertz CT molecular complexity index is 784. The average Bonchev–Trinajstić information content (AvgIpc) is 2.98. The van der Waals surface area contributed by atoms with Crippen molar-refractivity contribution in [3.8, 4) is 5.75 Å². The smallest absolute Gasteiger partial charge is 0.252 e. The molecule has 8 heteroatoms. The van der Waals surface area contributed by atoms with E-state index in [1.165, 1.54) is 31.6 Å². The van der Waals surface area contributed by atoms with Crippen molar-refractivity contribution in [3.63, 3.8) is 0 Å². The van der Waals surface area contributed by atoms with Crippen LogP contribution in [0.3, 0.4) is 0 Å². The number of hydrogen-bond donors (Lipinski definition) is 2. The van der Waals surface area contributed by atoms with Crippen LogP contribution in [-0.4, -0.2) is 27.5 Å². The Balaban J connectivity index is 2.22. The van der Waals surface area contributed by atoms with Crippen molar-refractivity contribution >= 4 is 15.9 Å². The standard InChI is InChI=1S/C15H18N2O5S/c1-10(8-11-4-3-7-22-11)17-23(19,20)12-5-6-14(21-2)13(9-12)15(16)18/h3-7,9-10,17H,8H2,1-2H3,(H2,16,18)/t10-/m0/s1. The van der Waals surface area contributed by atoms with Gasteiger partial charge in [0.1, 0.15) is 11.5 Å². The van der Waals surface area contributed by atoms with E-state index in [9.17, 15) is 13.2 Å². The van der Waals surface area contributed by atoms with Gasteiger partial charge < -0.3 is 14.9 Å². The van der Waals surface area contributed by atoms with Gasteiger partial charge in [-0.3, -0.25) is 4.79 Å². The number of hydrogen-bond acceptors (Lipinski definition) is 5. The summed E-state index contributed by atoms with van der Waals surface area (Å²) in [4.78, 5) is 11.4. The number of carbonyl (C=O) groups is 1. The summed E-state index contributed by atoms with van der Waals surface area (Å²) in [5.41, 5.74) is 5.26. The Morgan fingerprint density at radius 1 is 1.39 bits per heavy atom. The van der Waals surface area contributed by atoms with Gasteiger partial charge in [-0.25, -0.2) is 13.1 Å². The number of benzene rings is 1. The summed E-state index contributed by atoms with van der Waals surface area (Å²) in [6.45, 7) is 1.72. The highest BCUT2D eigenvalue weighted by atomic mass is 32.2. The Labute approximate surface area is 134 Å². The molecule has 23 heavy (non-hydrogen) atoms. The van der Waals surface area contributed by atoms with Gasteiger partial charge in [0.15, 0.2) is 0 Å². The summed E-state index contributed by atoms with van der Waals surface area (Å²) in [5.74, 6) is 0.135. The summed E-state index contributed by atoms with van der Waals surface area (Å²) >= 11 is 0. The van der Waals surface area contributed by atoms with Crippen LogP contribution >= 0.6 is 0 Å². The fraction of sp³-hybridized carbons (Fsp3) is 0.267. The van der Waals surface area contributed by atoms with Crippen molar-refractivity contribution in [2.75, 3.05) is 7.11 Å². The second-order valence-electron chi connectivity index (χ2n) is 5.03. The van der Waals surface area contributed by atoms with Crippen molar-refractivity contribution in [1.29, 1.82) is 0 Å². The van der Waals surface area contributed by atoms with Crippen molar-refractivity contribution in [2.24, 2.45) is 5.73 Å². The Hall–Kier alpha value is -2.32. The van der Waals surface area contributed by atoms with Crippen LogP contribution in [-0.2, 0) is 16.4 Å². The molecule has 0 aliphatic rings. The number of ether oxygens (including phenoxy) is 1. The van der Waals surface area contributed by atoms with Crippen molar-refractivity contribution in [2.45, 2.75) is 24.3 Å². The Morgan fingerprint density at radius 3 is 2.70 bits per heavy atom. The number of carbonyl (C=O) groups excluding carboxylic acids is 1. The van der Waals surface area contributed by atoms with E-state index in [0.717, 1.165) is 0 Å². The van der Waals surface area contributed by atoms with Crippen LogP contribution in [0.5, 0.6) is 5.75 Å². The third-order valence-electron chi connectivity index (χ3n) is 3.19. The molecule has 0 aliphatic heterocycles. The highest BCUT2D eigenvalue weighted by molar-refractivity contribution is 7.89. The molecule has 0 spiro atoms. The van der Waals surface area contributed by atoms with Crippen LogP contribution in [0.25, 0.3) is 0 Å². The Kier molecular flexibility index (Phi) is 5.07. The summed E-state index contributed by atoms with van der Waals surface area (Å²) in [6, 6.07) is 7.07. The zero-order valence-electron chi connectivity index (χ0n) is 12.8. The average molecular weight is 338 g/mol. The summed E-state index contributed by atoms with van der Waals surface area (Å²) in [7, 11) is -2.42. The maximum absolute atomic E-state index is 12.4. The minimum Gasteiger partial charge on any atom is -0.496 e. The highest BCUT2D eigenvalue weighted by Gasteiger charge is 2.21. The third-order valence-corrected chi connectivity index (χ3v) is 4.78. The van der Waals surface area contributed by atoms with Gasteiger partial charge in [-0.2, -0.15) is 0 Å². The van der Waals surface area contributed by atoms with Crippen LogP contribution in [0.1, 0.15) is 23.0 Å². The molecule has 2 rings (SSSR count). The van der Waals surface area contributed by atoms with E-state index in [0.29, 0.717) is 12.2 Å². The second-order valence-corrected chi connectivity index (χ2v) is 6.75. The summed E-state index contributed by atoms with van der Waals surface area (Å²) < 4.78 is 37.5. The van der Waals surface area contributed by atoms with Crippen molar-refractivity contribution in [1.82, 2.24) is 4.72 Å². The van der Waals surface area contributed by atoms with Gasteiger partial charge in [0.05, 0.1) is 23.8 Å². The van der Waals surface area contributed by atoms with Gasteiger partial charge in [0, 0.05) is 12.5 Å². The Morgan fingerprint density at radius 2 is 2.13 bits per heavy atom. The van der Waals surface area contributed by atoms with E-state index in [4.69, 9.17) is 14.9 Å². The molecule has 0 unspecified atom stereocenters. The lowest BCUT2D eigenvalue weighted by Crippen LogP contribution is -2.34. The van der Waals surface area contributed by atoms with Crippen LogP contribution in [0, 0.1) is 0 Å². The molecule has 2 aromatic rings. The van der Waals surface area contributed by atoms with E-state index in [-0.39, 0.29) is 22.3 Å². The SMILES string of the molecule is COc1ccc(S(=O)(=O)N[C@@H](C)Cc2ccco2)cc1C(N)=O. The zero-order chi connectivity index (χ0) is 17.0. The molecule has 0 bridgehead atoms. The van der Waals surface area contributed by atoms with E-state index < -0.39 is 15.9 Å². The van der Waals surface area contributed by atoms with Crippen LogP contribution in [0.15, 0.2) is 45.9 Å². The monoisotopic (exact) mass is 338 g/mol. The molecule has 1 aromatic carbocycles. The predicted octanol–water partition coefficient (Wildman–Crippen LogP) is 1.30. The topological polar surface area (TPSA) is 112 Å². The van der Waals surface area contributed by atoms with E-state index in [1.54, 1.807) is 19.1 Å². The third kappa shape index (κ3) is 4.11. The lowest BCUT2D eigenvalue weighted by Gasteiger charge is -2.14. The highest BCUT2D eigenvalue weighted by Crippen LogP contribution is 2.22. The molecule has 0 saturated carbocycles. The summed E-state index contributed by atoms with van der Waals surface area (Å²) in [6.07, 6.45) is 1.93. The largest absolute Gasteiger partial charge is 0.496 e. The normalized spacial score (nSPS) is 12.8. The molecule has 1 amide bonds. The number of methoxy groups -OCH3 is 1. The summed E-state index contributed by atoms with van der Waals surface area (Å²) in [5, 5.41) is 0. The quantitative estimate of drug-likeness (QED) is 0.790. The molecule has 7 nitrogen and oxygen atoms in total. The first-order valence-electron chi connectivity index (χ1n) is 6.86. The maximum Gasteiger partial charge on any atom is 0.252 e. The number of nitrogens with two attached hydrogens (primary N) is 1. The fourth-order valence-electron chi connectivity index (χ4n) is 2.15. The predicted molar refractivity (Wildman–Crippen MR) is 83.7 cm³/mol. The van der Waals surface area contributed by atoms with Crippen LogP contribution in [0.4, 0.5) is 0 Å². The number of amides is 1. The van der Waals surface area contributed by atoms with Gasteiger partial charge >= 0.3 is 0 Å². The van der Waals surface area contributed by atoms with E-state index >= 15 is 0 Å². The van der Waals surface area contributed by atoms with Crippen molar-refractivity contribution < 1.29 is 22.4 Å². The van der Waals surface area contributed by atoms with Gasteiger partial charge in [0.25, 0.3) is 5.91 Å². The molecule has 0 radical (unpaired) electrons. The maximum atomic E-state index is 12.4. The first-order chi connectivity index (χ1) is 10.8. The minimum atomic E-state index is -3.80. The van der Waals surface area contributed by atoms with Crippen LogP contribution in [0.2, 0.25) is 0 Å². The lowest BCUT2D eigenvalue weighted by atomic mass is 10.2. The van der Waals surface area contributed by atoms with Gasteiger partial charge in [0.2, 0.25) is 10.0 Å². The molecule has 3 N–H and O–H groups in total. The van der Waals surface area contributed by atoms with Crippen molar-refractivity contribution in [3.05, 3.63) is 47.9 Å². The molecule has 0 saturated heterocycles. The van der Waals surface area contributed by atoms with Gasteiger partial charge in [-0.15, -0.1) is 0 Å². The second kappa shape index (κ2) is 6.84. The zero-order valence-corrected chi connectivity index (χ0v) is 13.6. The molecule has 1 heterocycles. The van der Waals surface area contributed by atoms with Crippen LogP contribution < -0.4 is 15.2 Å². The molecular weight excluding hydrogens is 320 g/mol. The number of nitrogens with one attached hydrogen (secondary N) is 1. The minimum absolute atomic E-state index is 0.00839. The molecule has 0 fully saturated rings. The number of sulfonamides is 1. The molecule has 1 atom stereocenters. The number of primary amides is 1. The molecular formula is C15H18N2O5S. The fourth-order valence-corrected chi connectivity index (χ4v) is 3.42. The van der Waals surface area contributed by atoms with E-state index in [2.05, 4.69) is 4.72 Å². The number of furan rings is 1. The number of rotatable bonds is 7.